The molecule has 0 heterocycles. The minimum Gasteiger partial charge on any atom is -0.493 e. The van der Waals surface area contributed by atoms with Crippen LogP contribution in [0.5, 0.6) is 5.75 Å². The molecule has 0 saturated heterocycles. The Balaban J connectivity index is 2.49. The van der Waals surface area contributed by atoms with Gasteiger partial charge < -0.3 is 15.0 Å². The molecule has 1 aromatic rings. The summed E-state index contributed by atoms with van der Waals surface area (Å²) in [6, 6.07) is 5.60. The lowest BCUT2D eigenvalue weighted by Crippen LogP contribution is -2.21. The second kappa shape index (κ2) is 8.02. The quantitative estimate of drug-likeness (QED) is 0.781. The van der Waals surface area contributed by atoms with Gasteiger partial charge in [0.1, 0.15) is 5.75 Å². The zero-order valence-corrected chi connectivity index (χ0v) is 12.5. The number of rotatable bonds is 7. The molecule has 0 aliphatic carbocycles. The standard InChI is InChI=1S/C14H21ClN2O2/c1-16-10-11-12(15)6-4-7-13(11)19-9-5-8-14(18)17(2)3/h4,6-7,16H,5,8-10H2,1-3H3. The summed E-state index contributed by atoms with van der Waals surface area (Å²) in [5.41, 5.74) is 0.950. The number of hydrogen-bond donors (Lipinski definition) is 1. The van der Waals surface area contributed by atoms with Gasteiger partial charge in [-0.3, -0.25) is 4.79 Å². The SMILES string of the molecule is CNCc1c(Cl)cccc1OCCCC(=O)N(C)C. The van der Waals surface area contributed by atoms with E-state index in [9.17, 15) is 4.79 Å². The Morgan fingerprint density at radius 1 is 1.42 bits per heavy atom. The summed E-state index contributed by atoms with van der Waals surface area (Å²) in [4.78, 5) is 13.0. The molecular weight excluding hydrogens is 264 g/mol. The number of carbonyl (C=O) groups excluding carboxylic acids is 1. The van der Waals surface area contributed by atoms with Crippen molar-refractivity contribution in [1.82, 2.24) is 10.2 Å². The summed E-state index contributed by atoms with van der Waals surface area (Å²) in [7, 11) is 5.37. The lowest BCUT2D eigenvalue weighted by atomic mass is 10.2. The van der Waals surface area contributed by atoms with E-state index in [1.807, 2.05) is 25.2 Å². The molecule has 0 aliphatic rings. The van der Waals surface area contributed by atoms with E-state index in [-0.39, 0.29) is 5.91 Å². The third-order valence-electron chi connectivity index (χ3n) is 2.72. The monoisotopic (exact) mass is 284 g/mol. The number of nitrogens with zero attached hydrogens (tertiary/aromatic N) is 1. The van der Waals surface area contributed by atoms with Gasteiger partial charge in [0.15, 0.2) is 0 Å². The summed E-state index contributed by atoms with van der Waals surface area (Å²) in [5.74, 6) is 0.893. The van der Waals surface area contributed by atoms with Crippen LogP contribution in [0.25, 0.3) is 0 Å². The van der Waals surface area contributed by atoms with Gasteiger partial charge in [-0.1, -0.05) is 17.7 Å². The highest BCUT2D eigenvalue weighted by Crippen LogP contribution is 2.26. The predicted molar refractivity (Wildman–Crippen MR) is 77.6 cm³/mol. The minimum atomic E-state index is 0.116. The fourth-order valence-electron chi connectivity index (χ4n) is 1.65. The molecule has 106 valence electrons. The van der Waals surface area contributed by atoms with Crippen molar-refractivity contribution in [2.45, 2.75) is 19.4 Å². The van der Waals surface area contributed by atoms with Crippen molar-refractivity contribution in [2.75, 3.05) is 27.7 Å². The van der Waals surface area contributed by atoms with Crippen LogP contribution in [-0.2, 0) is 11.3 Å². The Bertz CT molecular complexity index is 422. The second-order valence-corrected chi connectivity index (χ2v) is 4.89. The van der Waals surface area contributed by atoms with E-state index in [0.717, 1.165) is 11.3 Å². The largest absolute Gasteiger partial charge is 0.493 e. The molecule has 19 heavy (non-hydrogen) atoms. The molecule has 1 aromatic carbocycles. The highest BCUT2D eigenvalue weighted by atomic mass is 35.5. The van der Waals surface area contributed by atoms with Crippen LogP contribution in [0.3, 0.4) is 0 Å². The lowest BCUT2D eigenvalue weighted by molar-refractivity contribution is -0.128. The maximum Gasteiger partial charge on any atom is 0.222 e. The van der Waals surface area contributed by atoms with E-state index in [0.29, 0.717) is 31.0 Å². The number of hydrogen-bond acceptors (Lipinski definition) is 3. The third-order valence-corrected chi connectivity index (χ3v) is 3.07. The van der Waals surface area contributed by atoms with Gasteiger partial charge in [-0.15, -0.1) is 0 Å². The second-order valence-electron chi connectivity index (χ2n) is 4.49. The molecule has 0 atom stereocenters. The Hall–Kier alpha value is -1.26. The van der Waals surface area contributed by atoms with Crippen LogP contribution in [0.1, 0.15) is 18.4 Å². The number of ether oxygens (including phenoxy) is 1. The van der Waals surface area contributed by atoms with Crippen molar-refractivity contribution >= 4 is 17.5 Å². The van der Waals surface area contributed by atoms with Crippen molar-refractivity contribution in [3.8, 4) is 5.75 Å². The van der Waals surface area contributed by atoms with Crippen LogP contribution in [0.4, 0.5) is 0 Å². The van der Waals surface area contributed by atoms with E-state index in [1.165, 1.54) is 0 Å². The van der Waals surface area contributed by atoms with Crippen LogP contribution in [0.2, 0.25) is 5.02 Å². The normalized spacial score (nSPS) is 10.3. The Kier molecular flexibility index (Phi) is 6.67. The van der Waals surface area contributed by atoms with Crippen LogP contribution < -0.4 is 10.1 Å². The topological polar surface area (TPSA) is 41.6 Å². The van der Waals surface area contributed by atoms with Crippen LogP contribution in [0, 0.1) is 0 Å². The zero-order chi connectivity index (χ0) is 14.3. The first-order valence-corrected chi connectivity index (χ1v) is 6.69. The van der Waals surface area contributed by atoms with E-state index >= 15 is 0 Å². The fourth-order valence-corrected chi connectivity index (χ4v) is 1.88. The van der Waals surface area contributed by atoms with Crippen molar-refractivity contribution < 1.29 is 9.53 Å². The molecule has 0 unspecified atom stereocenters. The van der Waals surface area contributed by atoms with E-state index in [2.05, 4.69) is 5.32 Å². The molecule has 0 saturated carbocycles. The zero-order valence-electron chi connectivity index (χ0n) is 11.7. The average Bonchev–Trinajstić information content (AvgIpc) is 2.37. The lowest BCUT2D eigenvalue weighted by Gasteiger charge is -2.13. The molecule has 0 aliphatic heterocycles. The van der Waals surface area contributed by atoms with Crippen molar-refractivity contribution in [3.63, 3.8) is 0 Å². The molecule has 5 heteroatoms. The van der Waals surface area contributed by atoms with Crippen LogP contribution in [0.15, 0.2) is 18.2 Å². The Labute approximate surface area is 119 Å². The predicted octanol–water partition coefficient (Wildman–Crippen LogP) is 2.31. The number of benzene rings is 1. The molecule has 0 spiro atoms. The van der Waals surface area contributed by atoms with Crippen molar-refractivity contribution in [1.29, 1.82) is 0 Å². The van der Waals surface area contributed by atoms with Gasteiger partial charge in [0.25, 0.3) is 0 Å². The Morgan fingerprint density at radius 3 is 2.79 bits per heavy atom. The third kappa shape index (κ3) is 5.09. The van der Waals surface area contributed by atoms with E-state index < -0.39 is 0 Å². The highest BCUT2D eigenvalue weighted by Gasteiger charge is 2.08. The van der Waals surface area contributed by atoms with Gasteiger partial charge in [-0.2, -0.15) is 0 Å². The van der Waals surface area contributed by atoms with E-state index in [4.69, 9.17) is 16.3 Å². The molecule has 0 radical (unpaired) electrons. The molecule has 4 nitrogen and oxygen atoms in total. The smallest absolute Gasteiger partial charge is 0.222 e. The molecule has 1 amide bonds. The number of nitrogens with one attached hydrogen (secondary N) is 1. The fraction of sp³-hybridized carbons (Fsp3) is 0.500. The van der Waals surface area contributed by atoms with Gasteiger partial charge >= 0.3 is 0 Å². The van der Waals surface area contributed by atoms with Crippen molar-refractivity contribution in [2.24, 2.45) is 0 Å². The highest BCUT2D eigenvalue weighted by molar-refractivity contribution is 6.31. The molecule has 0 fully saturated rings. The molecule has 1 rings (SSSR count). The first-order chi connectivity index (χ1) is 9.06. The summed E-state index contributed by atoms with van der Waals surface area (Å²) < 4.78 is 5.71. The van der Waals surface area contributed by atoms with Gasteiger partial charge in [0.05, 0.1) is 6.61 Å². The van der Waals surface area contributed by atoms with E-state index in [1.54, 1.807) is 19.0 Å². The van der Waals surface area contributed by atoms with Crippen molar-refractivity contribution in [3.05, 3.63) is 28.8 Å². The summed E-state index contributed by atoms with van der Waals surface area (Å²) >= 11 is 6.13. The van der Waals surface area contributed by atoms with Gasteiger partial charge in [0.2, 0.25) is 5.91 Å². The maximum absolute atomic E-state index is 11.4. The van der Waals surface area contributed by atoms with Gasteiger partial charge in [-0.25, -0.2) is 0 Å². The van der Waals surface area contributed by atoms with Gasteiger partial charge in [-0.05, 0) is 25.6 Å². The molecule has 1 N–H and O–H groups in total. The first-order valence-electron chi connectivity index (χ1n) is 6.31. The number of carbonyl (C=O) groups is 1. The first kappa shape index (κ1) is 15.8. The number of halogens is 1. The summed E-state index contributed by atoms with van der Waals surface area (Å²) in [5, 5.41) is 3.75. The Morgan fingerprint density at radius 2 is 2.16 bits per heavy atom. The molecular formula is C14H21ClN2O2. The van der Waals surface area contributed by atoms with Crippen LogP contribution >= 0.6 is 11.6 Å². The van der Waals surface area contributed by atoms with Crippen LogP contribution in [-0.4, -0.2) is 38.6 Å². The summed E-state index contributed by atoms with van der Waals surface area (Å²) in [6.07, 6.45) is 1.19. The summed E-state index contributed by atoms with van der Waals surface area (Å²) in [6.45, 7) is 1.17. The maximum atomic E-state index is 11.4. The molecule has 0 aromatic heterocycles. The minimum absolute atomic E-state index is 0.116. The number of amides is 1. The molecule has 0 bridgehead atoms. The average molecular weight is 285 g/mol. The van der Waals surface area contributed by atoms with Gasteiger partial charge in [0, 0.05) is 37.6 Å².